The molecule has 324 valence electrons. The highest BCUT2D eigenvalue weighted by Gasteiger charge is 2.32. The van der Waals surface area contributed by atoms with Gasteiger partial charge in [-0.3, -0.25) is 48.3 Å². The van der Waals surface area contributed by atoms with E-state index in [9.17, 15) is 43.5 Å². The molecule has 23 heteroatoms. The maximum atomic E-state index is 13.8. The molecule has 0 aliphatic heterocycles. The van der Waals surface area contributed by atoms with Gasteiger partial charge in [0.05, 0.1) is 13.2 Å². The third-order valence-corrected chi connectivity index (χ3v) is 7.88. The molecule has 0 radical (unpaired) electrons. The number of amides is 7. The van der Waals surface area contributed by atoms with Gasteiger partial charge < -0.3 is 70.4 Å². The minimum Gasteiger partial charge on any atom is -0.480 e. The number of aliphatic carboxylic acids is 1. The normalized spacial score (nSPS) is 14.0. The molecule has 7 amide bonds. The molecular weight excluding hydrogens is 750 g/mol. The van der Waals surface area contributed by atoms with E-state index in [2.05, 4.69) is 47.2 Å². The monoisotopic (exact) mass is 813 g/mol. The third kappa shape index (κ3) is 23.1. The molecule has 0 aromatic rings. The average Bonchev–Trinajstić information content (AvgIpc) is 3.10. The van der Waals surface area contributed by atoms with Crippen LogP contribution in [0.25, 0.3) is 0 Å². The lowest BCUT2D eigenvalue weighted by Crippen LogP contribution is -2.60. The van der Waals surface area contributed by atoms with Crippen LogP contribution in [0, 0.1) is 11.8 Å². The molecule has 17 N–H and O–H groups in total. The summed E-state index contributed by atoms with van der Waals surface area (Å²) in [6.07, 6.45) is 0.641. The second kappa shape index (κ2) is 27.0. The smallest absolute Gasteiger partial charge is 0.325 e. The molecular formula is C34H63N13O10. The van der Waals surface area contributed by atoms with Gasteiger partial charge in [0.1, 0.15) is 36.3 Å². The summed E-state index contributed by atoms with van der Waals surface area (Å²) in [5.74, 6) is -7.23. The molecule has 0 rings (SSSR count). The van der Waals surface area contributed by atoms with Gasteiger partial charge in [0.2, 0.25) is 41.4 Å². The Balaban J connectivity index is 6.25. The molecule has 23 nitrogen and oxygen atoms in total. The summed E-state index contributed by atoms with van der Waals surface area (Å²) >= 11 is 0. The Labute approximate surface area is 332 Å². The number of aliphatic hydroxyl groups excluding tert-OH is 1. The van der Waals surface area contributed by atoms with Crippen molar-refractivity contribution in [1.82, 2.24) is 37.2 Å². The predicted molar refractivity (Wildman–Crippen MR) is 209 cm³/mol. The van der Waals surface area contributed by atoms with E-state index in [1.807, 2.05) is 13.8 Å². The van der Waals surface area contributed by atoms with Crippen molar-refractivity contribution in [3.63, 3.8) is 0 Å². The Bertz CT molecular complexity index is 1430. The molecule has 57 heavy (non-hydrogen) atoms. The van der Waals surface area contributed by atoms with Crippen LogP contribution in [0.5, 0.6) is 0 Å². The molecule has 0 aromatic heterocycles. The first-order valence-electron chi connectivity index (χ1n) is 18.6. The number of nitrogens with one attached hydrogen (secondary N) is 7. The number of nitrogens with zero attached hydrogens (tertiary/aromatic N) is 2. The number of carbonyl (C=O) groups excluding carboxylic acids is 7. The molecule has 6 atom stereocenters. The highest BCUT2D eigenvalue weighted by molar-refractivity contribution is 5.97. The Hall–Kier alpha value is -5.74. The molecule has 0 heterocycles. The molecule has 0 aliphatic rings. The summed E-state index contributed by atoms with van der Waals surface area (Å²) in [5.41, 5.74) is 21.7. The van der Waals surface area contributed by atoms with Gasteiger partial charge in [-0.25, -0.2) is 0 Å². The van der Waals surface area contributed by atoms with Crippen LogP contribution < -0.4 is 60.2 Å². The molecule has 0 saturated heterocycles. The Kier molecular flexibility index (Phi) is 24.2. The summed E-state index contributed by atoms with van der Waals surface area (Å²) in [4.78, 5) is 110. The fourth-order valence-electron chi connectivity index (χ4n) is 5.12. The largest absolute Gasteiger partial charge is 0.480 e. The van der Waals surface area contributed by atoms with Crippen molar-refractivity contribution >= 4 is 59.2 Å². The van der Waals surface area contributed by atoms with E-state index in [0.29, 0.717) is 0 Å². The van der Waals surface area contributed by atoms with Crippen LogP contribution >= 0.6 is 0 Å². The van der Waals surface area contributed by atoms with E-state index >= 15 is 0 Å². The van der Waals surface area contributed by atoms with Crippen LogP contribution in [-0.2, 0) is 38.4 Å². The quantitative estimate of drug-likeness (QED) is 0.0211. The van der Waals surface area contributed by atoms with E-state index < -0.39 is 96.7 Å². The highest BCUT2D eigenvalue weighted by Crippen LogP contribution is 2.09. The van der Waals surface area contributed by atoms with Crippen LogP contribution in [0.2, 0.25) is 0 Å². The zero-order valence-electron chi connectivity index (χ0n) is 33.6. The van der Waals surface area contributed by atoms with Gasteiger partial charge in [0.25, 0.3) is 0 Å². The lowest BCUT2D eigenvalue weighted by atomic mass is 10.0. The van der Waals surface area contributed by atoms with Crippen LogP contribution in [-0.4, -0.2) is 132 Å². The molecule has 0 aromatic carbocycles. The Morgan fingerprint density at radius 3 is 1.33 bits per heavy atom. The second-order valence-electron chi connectivity index (χ2n) is 14.2. The minimum absolute atomic E-state index is 0.00633. The van der Waals surface area contributed by atoms with Crippen molar-refractivity contribution in [3.8, 4) is 0 Å². The average molecular weight is 814 g/mol. The van der Waals surface area contributed by atoms with Gasteiger partial charge in [-0.1, -0.05) is 27.7 Å². The van der Waals surface area contributed by atoms with Crippen LogP contribution in [0.15, 0.2) is 9.98 Å². The lowest BCUT2D eigenvalue weighted by molar-refractivity contribution is -0.141. The fraction of sp³-hybridized carbons (Fsp3) is 0.706. The van der Waals surface area contributed by atoms with Crippen LogP contribution in [0.3, 0.4) is 0 Å². The SMILES string of the molecule is CC(=O)N[C@@H](CC(C)C)C(=O)N[C@@H](CCCN=C(N)N)C(=O)N[C@@H](CCCN=C(N)N)C(=O)N[C@@H](CO)C(=O)N[C@@H](CC(C)C)C(=O)NCC(=O)N[C@@H](C)C(=O)O. The van der Waals surface area contributed by atoms with Gasteiger partial charge in [0.15, 0.2) is 11.9 Å². The minimum atomic E-state index is -1.62. The summed E-state index contributed by atoms with van der Waals surface area (Å²) in [5, 5.41) is 36.2. The number of rotatable bonds is 27. The number of carbonyl (C=O) groups is 8. The molecule has 0 bridgehead atoms. The maximum absolute atomic E-state index is 13.8. The number of hydrogen-bond acceptors (Lipinski definition) is 11. The van der Waals surface area contributed by atoms with Gasteiger partial charge in [0, 0.05) is 20.0 Å². The summed E-state index contributed by atoms with van der Waals surface area (Å²) in [7, 11) is 0. The van der Waals surface area contributed by atoms with Crippen molar-refractivity contribution in [1.29, 1.82) is 0 Å². The van der Waals surface area contributed by atoms with Gasteiger partial charge in [-0.15, -0.1) is 0 Å². The lowest BCUT2D eigenvalue weighted by Gasteiger charge is -2.27. The Morgan fingerprint density at radius 1 is 0.561 bits per heavy atom. The first kappa shape index (κ1) is 51.3. The van der Waals surface area contributed by atoms with Gasteiger partial charge in [-0.05, 0) is 57.3 Å². The number of nitrogens with two attached hydrogens (primary N) is 4. The molecule has 0 aliphatic carbocycles. The molecule has 0 unspecified atom stereocenters. The van der Waals surface area contributed by atoms with E-state index in [1.54, 1.807) is 13.8 Å². The molecule has 0 fully saturated rings. The van der Waals surface area contributed by atoms with Crippen molar-refractivity contribution in [2.45, 2.75) is 116 Å². The van der Waals surface area contributed by atoms with Crippen molar-refractivity contribution in [3.05, 3.63) is 0 Å². The highest BCUT2D eigenvalue weighted by atomic mass is 16.4. The number of carboxylic acids is 1. The van der Waals surface area contributed by atoms with Gasteiger partial charge >= 0.3 is 5.97 Å². The van der Waals surface area contributed by atoms with Crippen LogP contribution in [0.4, 0.5) is 0 Å². The third-order valence-electron chi connectivity index (χ3n) is 7.88. The second-order valence-corrected chi connectivity index (χ2v) is 14.2. The predicted octanol–water partition coefficient (Wildman–Crippen LogP) is -4.67. The maximum Gasteiger partial charge on any atom is 0.325 e. The fourth-order valence-corrected chi connectivity index (χ4v) is 5.12. The number of aliphatic imine (C=N–C) groups is 2. The molecule has 0 spiro atoms. The number of aliphatic hydroxyl groups is 1. The number of guanidine groups is 2. The standard InChI is InChI=1S/C34H63N13O10/c1-17(2)13-23(27(51)41-15-26(50)42-19(5)32(56)57)46-31(55)25(16-48)47-29(53)22(10-8-12-40-34(37)38)44-28(52)21(9-7-11-39-33(35)36)45-30(54)24(14-18(3)4)43-20(6)49/h17-19,21-25,48H,7-16H2,1-6H3,(H,41,51)(H,42,50)(H,43,49)(H,44,52)(H,45,54)(H,46,55)(H,47,53)(H,56,57)(H4,35,36,39)(H4,37,38,40)/t19-,21-,22-,23-,24-,25-/m0/s1. The number of hydrogen-bond donors (Lipinski definition) is 13. The van der Waals surface area contributed by atoms with E-state index in [4.69, 9.17) is 28.0 Å². The first-order valence-corrected chi connectivity index (χ1v) is 18.6. The van der Waals surface area contributed by atoms with E-state index in [1.165, 1.54) is 13.8 Å². The van der Waals surface area contributed by atoms with Crippen molar-refractivity contribution in [2.24, 2.45) is 44.8 Å². The molecule has 0 saturated carbocycles. The van der Waals surface area contributed by atoms with Crippen molar-refractivity contribution < 1.29 is 48.6 Å². The number of carboxylic acid groups (broad SMARTS) is 1. The zero-order chi connectivity index (χ0) is 43.8. The van der Waals surface area contributed by atoms with E-state index in [0.717, 1.165) is 0 Å². The van der Waals surface area contributed by atoms with E-state index in [-0.39, 0.29) is 75.4 Å². The summed E-state index contributed by atoms with van der Waals surface area (Å²) in [6, 6.07) is -7.66. The zero-order valence-corrected chi connectivity index (χ0v) is 33.6. The Morgan fingerprint density at radius 2 is 0.947 bits per heavy atom. The van der Waals surface area contributed by atoms with Crippen molar-refractivity contribution in [2.75, 3.05) is 26.2 Å². The van der Waals surface area contributed by atoms with Gasteiger partial charge in [-0.2, -0.15) is 0 Å². The van der Waals surface area contributed by atoms with Crippen LogP contribution in [0.1, 0.15) is 80.1 Å². The topological polar surface area (TPSA) is 390 Å². The first-order chi connectivity index (χ1) is 26.6. The summed E-state index contributed by atoms with van der Waals surface area (Å²) < 4.78 is 0. The summed E-state index contributed by atoms with van der Waals surface area (Å²) in [6.45, 7) is 8.33.